The van der Waals surface area contributed by atoms with Crippen LogP contribution in [0.1, 0.15) is 38.7 Å². The first-order valence-electron chi connectivity index (χ1n) is 6.16. The van der Waals surface area contributed by atoms with Gasteiger partial charge in [0.15, 0.2) is 5.54 Å². The number of rotatable bonds is 6. The van der Waals surface area contributed by atoms with Crippen molar-refractivity contribution in [1.29, 1.82) is 0 Å². The third-order valence-electron chi connectivity index (χ3n) is 2.99. The van der Waals surface area contributed by atoms with E-state index in [1.807, 2.05) is 13.0 Å². The molecule has 0 saturated carbocycles. The Morgan fingerprint density at radius 1 is 1.22 bits per heavy atom. The molecular weight excluding hydrogens is 230 g/mol. The molecule has 0 aromatic heterocycles. The molecule has 1 amide bonds. The van der Waals surface area contributed by atoms with Gasteiger partial charge in [0.05, 0.1) is 0 Å². The van der Waals surface area contributed by atoms with Crippen LogP contribution in [-0.2, 0) is 15.1 Å². The van der Waals surface area contributed by atoms with E-state index in [9.17, 15) is 14.7 Å². The Labute approximate surface area is 107 Å². The highest BCUT2D eigenvalue weighted by Gasteiger charge is 2.39. The molecule has 18 heavy (non-hydrogen) atoms. The topological polar surface area (TPSA) is 66.4 Å². The van der Waals surface area contributed by atoms with Crippen molar-refractivity contribution in [1.82, 2.24) is 5.32 Å². The van der Waals surface area contributed by atoms with E-state index in [-0.39, 0.29) is 5.91 Å². The summed E-state index contributed by atoms with van der Waals surface area (Å²) in [5.41, 5.74) is -0.725. The van der Waals surface area contributed by atoms with Crippen molar-refractivity contribution < 1.29 is 14.7 Å². The molecule has 0 fully saturated rings. The Balaban J connectivity index is 3.10. The standard InChI is InChI=1S/C14H19NO3/c1-3-8-12(16)15-14(4-2,13(17)18)11-9-6-5-7-10-11/h5-7,9-10H,3-4,8H2,1-2H3,(H,15,16)(H,17,18). The zero-order chi connectivity index (χ0) is 13.6. The molecule has 98 valence electrons. The molecule has 2 N–H and O–H groups in total. The molecular formula is C14H19NO3. The number of benzene rings is 1. The molecule has 0 radical (unpaired) electrons. The number of hydrogen-bond acceptors (Lipinski definition) is 2. The van der Waals surface area contributed by atoms with Crippen LogP contribution in [0.4, 0.5) is 0 Å². The number of aliphatic carboxylic acids is 1. The van der Waals surface area contributed by atoms with Crippen LogP contribution in [0.3, 0.4) is 0 Å². The Morgan fingerprint density at radius 3 is 2.28 bits per heavy atom. The molecule has 1 rings (SSSR count). The van der Waals surface area contributed by atoms with Crippen LogP contribution in [0.2, 0.25) is 0 Å². The summed E-state index contributed by atoms with van der Waals surface area (Å²) in [5, 5.41) is 12.1. The van der Waals surface area contributed by atoms with E-state index in [2.05, 4.69) is 5.32 Å². The van der Waals surface area contributed by atoms with Crippen molar-refractivity contribution in [3.8, 4) is 0 Å². The van der Waals surface area contributed by atoms with Gasteiger partial charge in [0, 0.05) is 6.42 Å². The smallest absolute Gasteiger partial charge is 0.334 e. The van der Waals surface area contributed by atoms with E-state index in [1.165, 1.54) is 0 Å². The average molecular weight is 249 g/mol. The molecule has 0 heterocycles. The predicted octanol–water partition coefficient (Wildman–Crippen LogP) is 2.29. The van der Waals surface area contributed by atoms with Crippen LogP contribution in [-0.4, -0.2) is 17.0 Å². The maximum absolute atomic E-state index is 11.7. The fourth-order valence-electron chi connectivity index (χ4n) is 1.94. The first kappa shape index (κ1) is 14.2. The van der Waals surface area contributed by atoms with Crippen molar-refractivity contribution >= 4 is 11.9 Å². The molecule has 0 aliphatic rings. The minimum absolute atomic E-state index is 0.231. The Kier molecular flexibility index (Phi) is 4.89. The Bertz CT molecular complexity index is 416. The summed E-state index contributed by atoms with van der Waals surface area (Å²) in [7, 11) is 0. The zero-order valence-corrected chi connectivity index (χ0v) is 10.8. The van der Waals surface area contributed by atoms with Crippen molar-refractivity contribution in [2.24, 2.45) is 0 Å². The van der Waals surface area contributed by atoms with Gasteiger partial charge in [-0.25, -0.2) is 4.79 Å². The molecule has 1 aromatic carbocycles. The maximum atomic E-state index is 11.7. The van der Waals surface area contributed by atoms with Gasteiger partial charge in [-0.2, -0.15) is 0 Å². The monoisotopic (exact) mass is 249 g/mol. The molecule has 0 spiro atoms. The number of nitrogens with one attached hydrogen (secondary N) is 1. The molecule has 1 aromatic rings. The van der Waals surface area contributed by atoms with Gasteiger partial charge in [-0.05, 0) is 18.4 Å². The highest BCUT2D eigenvalue weighted by Crippen LogP contribution is 2.25. The quantitative estimate of drug-likeness (QED) is 0.813. The fourth-order valence-corrected chi connectivity index (χ4v) is 1.94. The molecule has 0 saturated heterocycles. The first-order valence-corrected chi connectivity index (χ1v) is 6.16. The van der Waals surface area contributed by atoms with Gasteiger partial charge < -0.3 is 10.4 Å². The average Bonchev–Trinajstić information content (AvgIpc) is 2.37. The van der Waals surface area contributed by atoms with Gasteiger partial charge in [0.25, 0.3) is 0 Å². The molecule has 0 bridgehead atoms. The molecule has 1 unspecified atom stereocenters. The molecule has 1 atom stereocenters. The molecule has 0 aliphatic carbocycles. The van der Waals surface area contributed by atoms with Gasteiger partial charge in [-0.1, -0.05) is 44.2 Å². The number of carbonyl (C=O) groups excluding carboxylic acids is 1. The van der Waals surface area contributed by atoms with E-state index < -0.39 is 11.5 Å². The summed E-state index contributed by atoms with van der Waals surface area (Å²) in [5.74, 6) is -1.26. The number of hydrogen-bond donors (Lipinski definition) is 2. The van der Waals surface area contributed by atoms with Gasteiger partial charge in [0.1, 0.15) is 0 Å². The second-order valence-corrected chi connectivity index (χ2v) is 4.23. The molecule has 0 aliphatic heterocycles. The maximum Gasteiger partial charge on any atom is 0.334 e. The van der Waals surface area contributed by atoms with E-state index >= 15 is 0 Å². The third-order valence-corrected chi connectivity index (χ3v) is 2.99. The summed E-state index contributed by atoms with van der Waals surface area (Å²) in [4.78, 5) is 23.3. The molecule has 4 nitrogen and oxygen atoms in total. The lowest BCUT2D eigenvalue weighted by Crippen LogP contribution is -2.51. The van der Waals surface area contributed by atoms with Crippen LogP contribution >= 0.6 is 0 Å². The summed E-state index contributed by atoms with van der Waals surface area (Å²) in [6.45, 7) is 3.64. The molecule has 4 heteroatoms. The van der Waals surface area contributed by atoms with Crippen molar-refractivity contribution in [2.75, 3.05) is 0 Å². The van der Waals surface area contributed by atoms with Crippen LogP contribution in [0, 0.1) is 0 Å². The lowest BCUT2D eigenvalue weighted by molar-refractivity contribution is -0.148. The van der Waals surface area contributed by atoms with Crippen molar-refractivity contribution in [3.63, 3.8) is 0 Å². The van der Waals surface area contributed by atoms with Crippen LogP contribution in [0.15, 0.2) is 30.3 Å². The van der Waals surface area contributed by atoms with Crippen LogP contribution < -0.4 is 5.32 Å². The normalized spacial score (nSPS) is 13.7. The largest absolute Gasteiger partial charge is 0.479 e. The van der Waals surface area contributed by atoms with Gasteiger partial charge in [-0.15, -0.1) is 0 Å². The van der Waals surface area contributed by atoms with Crippen molar-refractivity contribution in [2.45, 2.75) is 38.6 Å². The second kappa shape index (κ2) is 6.19. The SMILES string of the molecule is CCCC(=O)NC(CC)(C(=O)O)c1ccccc1. The second-order valence-electron chi connectivity index (χ2n) is 4.23. The van der Waals surface area contributed by atoms with E-state index in [0.29, 0.717) is 24.8 Å². The number of carboxylic acid groups (broad SMARTS) is 1. The van der Waals surface area contributed by atoms with E-state index in [0.717, 1.165) is 0 Å². The lowest BCUT2D eigenvalue weighted by Gasteiger charge is -2.30. The van der Waals surface area contributed by atoms with Crippen LogP contribution in [0.5, 0.6) is 0 Å². The highest BCUT2D eigenvalue weighted by molar-refractivity contribution is 5.88. The fraction of sp³-hybridized carbons (Fsp3) is 0.429. The van der Waals surface area contributed by atoms with Crippen molar-refractivity contribution in [3.05, 3.63) is 35.9 Å². The number of amides is 1. The summed E-state index contributed by atoms with van der Waals surface area (Å²) in [6, 6.07) is 8.82. The summed E-state index contributed by atoms with van der Waals surface area (Å²) >= 11 is 0. The van der Waals surface area contributed by atoms with Gasteiger partial charge in [-0.3, -0.25) is 4.79 Å². The summed E-state index contributed by atoms with van der Waals surface area (Å²) in [6.07, 6.45) is 1.34. The minimum Gasteiger partial charge on any atom is -0.479 e. The van der Waals surface area contributed by atoms with E-state index in [1.54, 1.807) is 31.2 Å². The highest BCUT2D eigenvalue weighted by atomic mass is 16.4. The minimum atomic E-state index is -1.33. The Hall–Kier alpha value is -1.84. The summed E-state index contributed by atoms with van der Waals surface area (Å²) < 4.78 is 0. The van der Waals surface area contributed by atoms with Gasteiger partial charge in [0.2, 0.25) is 5.91 Å². The Morgan fingerprint density at radius 2 is 1.83 bits per heavy atom. The first-order chi connectivity index (χ1) is 8.56. The third kappa shape index (κ3) is 2.88. The number of carboxylic acids is 1. The lowest BCUT2D eigenvalue weighted by atomic mass is 9.87. The number of carbonyl (C=O) groups is 2. The zero-order valence-electron chi connectivity index (χ0n) is 10.8. The van der Waals surface area contributed by atoms with E-state index in [4.69, 9.17) is 0 Å². The predicted molar refractivity (Wildman–Crippen MR) is 69.1 cm³/mol. The van der Waals surface area contributed by atoms with Crippen LogP contribution in [0.25, 0.3) is 0 Å². The van der Waals surface area contributed by atoms with Gasteiger partial charge >= 0.3 is 5.97 Å².